The highest BCUT2D eigenvalue weighted by molar-refractivity contribution is 6.01. The zero-order valence-corrected chi connectivity index (χ0v) is 18.3. The number of aldehydes is 1. The van der Waals surface area contributed by atoms with Crippen LogP contribution in [-0.4, -0.2) is 41.6 Å². The van der Waals surface area contributed by atoms with Crippen LogP contribution in [0.5, 0.6) is 0 Å². The Hall–Kier alpha value is -2.08. The average molecular weight is 421 g/mol. The number of carbonyl (C=O) groups is 4. The number of Topliss-reactive ketones (excluding diaryl/α,β-unsaturated/α-hetero) is 2. The van der Waals surface area contributed by atoms with Crippen molar-refractivity contribution < 1.29 is 29.0 Å². The number of hydrogen-bond donors (Lipinski definition) is 1. The van der Waals surface area contributed by atoms with Gasteiger partial charge < -0.3 is 14.6 Å². The molecule has 0 aromatic heterocycles. The molecule has 1 N–H and O–H groups in total. The van der Waals surface area contributed by atoms with Gasteiger partial charge in [-0.15, -0.1) is 0 Å². The highest BCUT2D eigenvalue weighted by Crippen LogP contribution is 2.33. The third-order valence-corrected chi connectivity index (χ3v) is 5.53. The van der Waals surface area contributed by atoms with Crippen LogP contribution in [0.15, 0.2) is 24.3 Å². The van der Waals surface area contributed by atoms with Crippen molar-refractivity contribution in [2.24, 2.45) is 17.8 Å². The molecule has 0 spiro atoms. The van der Waals surface area contributed by atoms with Crippen LogP contribution < -0.4 is 0 Å². The highest BCUT2D eigenvalue weighted by Gasteiger charge is 2.31. The summed E-state index contributed by atoms with van der Waals surface area (Å²) in [5, 5.41) is 9.58. The van der Waals surface area contributed by atoms with E-state index in [1.54, 1.807) is 6.92 Å². The molecule has 0 saturated heterocycles. The first-order valence-corrected chi connectivity index (χ1v) is 11.1. The van der Waals surface area contributed by atoms with Crippen molar-refractivity contribution in [1.82, 2.24) is 0 Å². The van der Waals surface area contributed by atoms with Gasteiger partial charge >= 0.3 is 5.97 Å². The van der Waals surface area contributed by atoms with E-state index in [1.807, 2.05) is 18.2 Å². The first-order valence-electron chi connectivity index (χ1n) is 11.1. The van der Waals surface area contributed by atoms with Crippen molar-refractivity contribution in [3.05, 3.63) is 24.3 Å². The molecular weight excluding hydrogens is 384 g/mol. The molecule has 1 aliphatic carbocycles. The second-order valence-electron chi connectivity index (χ2n) is 7.84. The predicted octanol–water partition coefficient (Wildman–Crippen LogP) is 3.75. The number of ether oxygens (including phenoxy) is 1. The molecule has 1 fully saturated rings. The third kappa shape index (κ3) is 9.16. The third-order valence-electron chi connectivity index (χ3n) is 5.53. The standard InChI is InChI=1S/C24H36O6/c1-3-5-10-18(17-25)11-9-12-19-15-16-21(26)20(19)13-7-6-8-14-22(27)23(28)24(29)30-4-2/h6-7,9,12,17-20,23,28H,3-5,8,10-11,13-16H2,1-2H3/t18-,19+,20-,23?/m1/s1. The van der Waals surface area contributed by atoms with Crippen LogP contribution in [0.3, 0.4) is 0 Å². The first-order chi connectivity index (χ1) is 14.4. The van der Waals surface area contributed by atoms with Gasteiger partial charge in [-0.3, -0.25) is 9.59 Å². The number of hydrogen-bond acceptors (Lipinski definition) is 6. The van der Waals surface area contributed by atoms with Crippen molar-refractivity contribution >= 4 is 23.8 Å². The Morgan fingerprint density at radius 1 is 1.23 bits per heavy atom. The monoisotopic (exact) mass is 420 g/mol. The minimum Gasteiger partial charge on any atom is -0.464 e. The van der Waals surface area contributed by atoms with Gasteiger partial charge in [-0.25, -0.2) is 4.79 Å². The van der Waals surface area contributed by atoms with E-state index in [0.717, 1.165) is 38.4 Å². The maximum Gasteiger partial charge on any atom is 0.342 e. The Labute approximate surface area is 179 Å². The predicted molar refractivity (Wildman–Crippen MR) is 115 cm³/mol. The van der Waals surface area contributed by atoms with Gasteiger partial charge in [0.25, 0.3) is 0 Å². The topological polar surface area (TPSA) is 97.7 Å². The summed E-state index contributed by atoms with van der Waals surface area (Å²) < 4.78 is 4.63. The molecule has 168 valence electrons. The van der Waals surface area contributed by atoms with Gasteiger partial charge in [-0.2, -0.15) is 0 Å². The summed E-state index contributed by atoms with van der Waals surface area (Å²) in [6.07, 6.45) is 13.4. The lowest BCUT2D eigenvalue weighted by molar-refractivity contribution is -0.157. The van der Waals surface area contributed by atoms with Gasteiger partial charge in [0.2, 0.25) is 6.10 Å². The van der Waals surface area contributed by atoms with E-state index >= 15 is 0 Å². The quantitative estimate of drug-likeness (QED) is 0.187. The second kappa shape index (κ2) is 14.8. The number of carbonyl (C=O) groups excluding carboxylic acids is 4. The molecule has 1 unspecified atom stereocenters. The van der Waals surface area contributed by atoms with Crippen molar-refractivity contribution in [1.29, 1.82) is 0 Å². The lowest BCUT2D eigenvalue weighted by Gasteiger charge is -2.13. The SMILES string of the molecule is CCCC[C@@H](C=O)CC=C[C@H]1CCC(=O)[C@@H]1CC=CCCC(=O)C(O)C(=O)OCC. The van der Waals surface area contributed by atoms with E-state index in [-0.39, 0.29) is 36.6 Å². The van der Waals surface area contributed by atoms with E-state index in [1.165, 1.54) is 0 Å². The number of aliphatic hydroxyl groups is 1. The molecule has 0 amide bonds. The molecule has 1 aliphatic rings. The van der Waals surface area contributed by atoms with E-state index in [9.17, 15) is 24.3 Å². The summed E-state index contributed by atoms with van der Waals surface area (Å²) in [4.78, 5) is 46.5. The fourth-order valence-corrected chi connectivity index (χ4v) is 3.68. The minimum absolute atomic E-state index is 0.0449. The van der Waals surface area contributed by atoms with Crippen molar-refractivity contribution in [3.63, 3.8) is 0 Å². The van der Waals surface area contributed by atoms with E-state index < -0.39 is 17.9 Å². The lowest BCUT2D eigenvalue weighted by atomic mass is 9.90. The summed E-state index contributed by atoms with van der Waals surface area (Å²) in [5.74, 6) is -1.05. The summed E-state index contributed by atoms with van der Waals surface area (Å²) in [5.41, 5.74) is 0. The number of esters is 1. The van der Waals surface area contributed by atoms with Crippen molar-refractivity contribution in [2.75, 3.05) is 6.61 Å². The molecule has 1 rings (SSSR count). The molecule has 0 aromatic carbocycles. The largest absolute Gasteiger partial charge is 0.464 e. The Kier molecular flexibility index (Phi) is 12.8. The number of aliphatic hydroxyl groups excluding tert-OH is 1. The molecular formula is C24H36O6. The van der Waals surface area contributed by atoms with Crippen LogP contribution in [0.4, 0.5) is 0 Å². The molecule has 4 atom stereocenters. The molecule has 0 heterocycles. The molecule has 1 saturated carbocycles. The Morgan fingerprint density at radius 3 is 2.67 bits per heavy atom. The van der Waals surface area contributed by atoms with Crippen LogP contribution in [0.2, 0.25) is 0 Å². The van der Waals surface area contributed by atoms with Crippen LogP contribution in [0.25, 0.3) is 0 Å². The van der Waals surface area contributed by atoms with E-state index in [2.05, 4.69) is 17.7 Å². The van der Waals surface area contributed by atoms with Crippen LogP contribution in [-0.2, 0) is 23.9 Å². The van der Waals surface area contributed by atoms with Gasteiger partial charge in [-0.1, -0.05) is 44.1 Å². The molecule has 6 heteroatoms. The van der Waals surface area contributed by atoms with E-state index in [4.69, 9.17) is 0 Å². The van der Waals surface area contributed by atoms with Crippen molar-refractivity contribution in [2.45, 2.75) is 77.7 Å². The molecule has 30 heavy (non-hydrogen) atoms. The fraction of sp³-hybridized carbons (Fsp3) is 0.667. The zero-order chi connectivity index (χ0) is 22.4. The van der Waals surface area contributed by atoms with Crippen LogP contribution in [0.1, 0.15) is 71.6 Å². The maximum absolute atomic E-state index is 12.2. The maximum atomic E-state index is 12.2. The number of ketones is 2. The first kappa shape index (κ1) is 26.0. The van der Waals surface area contributed by atoms with Crippen LogP contribution >= 0.6 is 0 Å². The molecule has 0 aliphatic heterocycles. The molecule has 0 radical (unpaired) electrons. The highest BCUT2D eigenvalue weighted by atomic mass is 16.5. The van der Waals surface area contributed by atoms with Crippen LogP contribution in [0, 0.1) is 17.8 Å². The smallest absolute Gasteiger partial charge is 0.342 e. The second-order valence-corrected chi connectivity index (χ2v) is 7.84. The number of allylic oxidation sites excluding steroid dienone is 4. The van der Waals surface area contributed by atoms with E-state index in [0.29, 0.717) is 19.3 Å². The average Bonchev–Trinajstić information content (AvgIpc) is 3.09. The number of rotatable bonds is 15. The molecule has 6 nitrogen and oxygen atoms in total. The fourth-order valence-electron chi connectivity index (χ4n) is 3.68. The normalized spacial score (nSPS) is 21.2. The lowest BCUT2D eigenvalue weighted by Crippen LogP contribution is -2.31. The Morgan fingerprint density at radius 2 is 2.00 bits per heavy atom. The summed E-state index contributed by atoms with van der Waals surface area (Å²) >= 11 is 0. The van der Waals surface area contributed by atoms with Gasteiger partial charge in [0, 0.05) is 24.7 Å². The minimum atomic E-state index is -1.73. The Balaban J connectivity index is 2.43. The Bertz CT molecular complexity index is 621. The van der Waals surface area contributed by atoms with Crippen molar-refractivity contribution in [3.8, 4) is 0 Å². The molecule has 0 bridgehead atoms. The van der Waals surface area contributed by atoms with Gasteiger partial charge in [0.15, 0.2) is 5.78 Å². The van der Waals surface area contributed by atoms with Gasteiger partial charge in [0.1, 0.15) is 12.1 Å². The molecule has 0 aromatic rings. The van der Waals surface area contributed by atoms with Gasteiger partial charge in [-0.05, 0) is 44.9 Å². The summed E-state index contributed by atoms with van der Waals surface area (Å²) in [6.45, 7) is 3.83. The zero-order valence-electron chi connectivity index (χ0n) is 18.3. The summed E-state index contributed by atoms with van der Waals surface area (Å²) in [6, 6.07) is 0. The van der Waals surface area contributed by atoms with Gasteiger partial charge in [0.05, 0.1) is 6.61 Å². The summed E-state index contributed by atoms with van der Waals surface area (Å²) in [7, 11) is 0. The number of unbranched alkanes of at least 4 members (excludes halogenated alkanes) is 1.